The molecule has 1 saturated carbocycles. The van der Waals surface area contributed by atoms with Crippen LogP contribution in [0.5, 0.6) is 0 Å². The van der Waals surface area contributed by atoms with Gasteiger partial charge in [0.15, 0.2) is 5.78 Å². The molecule has 0 spiro atoms. The van der Waals surface area contributed by atoms with Gasteiger partial charge < -0.3 is 4.90 Å². The van der Waals surface area contributed by atoms with Crippen molar-refractivity contribution in [3.05, 3.63) is 35.6 Å². The second kappa shape index (κ2) is 6.98. The SMILES string of the molecule is CCCN(CC1CC1)CC(C)C(=O)c1ccccc1F. The minimum atomic E-state index is -0.409. The van der Waals surface area contributed by atoms with Crippen LogP contribution in [0.3, 0.4) is 0 Å². The molecule has 0 aromatic heterocycles. The molecule has 1 fully saturated rings. The van der Waals surface area contributed by atoms with Crippen LogP contribution in [0, 0.1) is 17.7 Å². The smallest absolute Gasteiger partial charge is 0.169 e. The lowest BCUT2D eigenvalue weighted by atomic mass is 9.98. The van der Waals surface area contributed by atoms with Crippen LogP contribution in [0.2, 0.25) is 0 Å². The molecule has 1 aliphatic carbocycles. The molecule has 2 nitrogen and oxygen atoms in total. The van der Waals surface area contributed by atoms with Gasteiger partial charge in [0.05, 0.1) is 5.56 Å². The molecule has 110 valence electrons. The molecular weight excluding hydrogens is 253 g/mol. The van der Waals surface area contributed by atoms with Gasteiger partial charge in [0.25, 0.3) is 0 Å². The minimum absolute atomic E-state index is 0.0833. The summed E-state index contributed by atoms with van der Waals surface area (Å²) in [4.78, 5) is 14.7. The summed E-state index contributed by atoms with van der Waals surface area (Å²) in [5, 5.41) is 0. The highest BCUT2D eigenvalue weighted by Gasteiger charge is 2.26. The predicted molar refractivity (Wildman–Crippen MR) is 79.3 cm³/mol. The molecule has 2 rings (SSSR count). The predicted octanol–water partition coefficient (Wildman–Crippen LogP) is 3.77. The zero-order valence-electron chi connectivity index (χ0n) is 12.4. The third-order valence-corrected chi connectivity index (χ3v) is 3.87. The van der Waals surface area contributed by atoms with Gasteiger partial charge in [0, 0.05) is 19.0 Å². The second-order valence-electron chi connectivity index (χ2n) is 5.95. The lowest BCUT2D eigenvalue weighted by Crippen LogP contribution is -2.34. The van der Waals surface area contributed by atoms with Crippen molar-refractivity contribution < 1.29 is 9.18 Å². The van der Waals surface area contributed by atoms with E-state index >= 15 is 0 Å². The Hall–Kier alpha value is -1.22. The lowest BCUT2D eigenvalue weighted by molar-refractivity contribution is 0.0887. The van der Waals surface area contributed by atoms with Crippen LogP contribution in [0.1, 0.15) is 43.5 Å². The molecule has 0 N–H and O–H groups in total. The summed E-state index contributed by atoms with van der Waals surface area (Å²) in [7, 11) is 0. The Morgan fingerprint density at radius 1 is 1.40 bits per heavy atom. The van der Waals surface area contributed by atoms with E-state index in [9.17, 15) is 9.18 Å². The number of ketones is 1. The van der Waals surface area contributed by atoms with Crippen LogP contribution in [0.25, 0.3) is 0 Å². The average Bonchev–Trinajstić information content (AvgIpc) is 3.22. The number of hydrogen-bond acceptors (Lipinski definition) is 2. The number of carbonyl (C=O) groups is 1. The Kier molecular flexibility index (Phi) is 5.30. The van der Waals surface area contributed by atoms with E-state index in [-0.39, 0.29) is 17.3 Å². The molecule has 0 radical (unpaired) electrons. The third-order valence-electron chi connectivity index (χ3n) is 3.87. The quantitative estimate of drug-likeness (QED) is 0.674. The molecule has 0 amide bonds. The number of benzene rings is 1. The summed E-state index contributed by atoms with van der Waals surface area (Å²) in [5.74, 6) is 0.170. The van der Waals surface area contributed by atoms with Gasteiger partial charge in [-0.15, -0.1) is 0 Å². The third kappa shape index (κ3) is 4.14. The van der Waals surface area contributed by atoms with Gasteiger partial charge in [-0.25, -0.2) is 4.39 Å². The van der Waals surface area contributed by atoms with Gasteiger partial charge in [-0.2, -0.15) is 0 Å². The molecule has 1 aliphatic rings. The standard InChI is InChI=1S/C17H24FNO/c1-3-10-19(12-14-8-9-14)11-13(2)17(20)15-6-4-5-7-16(15)18/h4-7,13-14H,3,8-12H2,1-2H3. The summed E-state index contributed by atoms with van der Waals surface area (Å²) >= 11 is 0. The summed E-state index contributed by atoms with van der Waals surface area (Å²) in [6.07, 6.45) is 3.72. The number of Topliss-reactive ketones (excluding diaryl/α,β-unsaturated/α-hetero) is 1. The van der Waals surface area contributed by atoms with Crippen LogP contribution in [-0.4, -0.2) is 30.3 Å². The Balaban J connectivity index is 1.96. The van der Waals surface area contributed by atoms with E-state index in [4.69, 9.17) is 0 Å². The molecule has 3 heteroatoms. The Labute approximate surface area is 121 Å². The maximum absolute atomic E-state index is 13.7. The van der Waals surface area contributed by atoms with Gasteiger partial charge in [0.2, 0.25) is 0 Å². The number of carbonyl (C=O) groups excluding carboxylic acids is 1. The van der Waals surface area contributed by atoms with Crippen molar-refractivity contribution in [2.45, 2.75) is 33.1 Å². The first kappa shape index (κ1) is 15.2. The van der Waals surface area contributed by atoms with E-state index in [1.807, 2.05) is 6.92 Å². The van der Waals surface area contributed by atoms with Gasteiger partial charge in [-0.3, -0.25) is 4.79 Å². The normalized spacial score (nSPS) is 16.4. The Bertz CT molecular complexity index is 456. The lowest BCUT2D eigenvalue weighted by Gasteiger charge is -2.24. The molecule has 1 unspecified atom stereocenters. The van der Waals surface area contributed by atoms with Gasteiger partial charge in [-0.1, -0.05) is 26.0 Å². The van der Waals surface area contributed by atoms with Gasteiger partial charge >= 0.3 is 0 Å². The Morgan fingerprint density at radius 3 is 2.70 bits per heavy atom. The van der Waals surface area contributed by atoms with Crippen molar-refractivity contribution in [1.82, 2.24) is 4.90 Å². The monoisotopic (exact) mass is 277 g/mol. The molecule has 0 heterocycles. The van der Waals surface area contributed by atoms with E-state index < -0.39 is 5.82 Å². The fourth-order valence-corrected chi connectivity index (χ4v) is 2.64. The second-order valence-corrected chi connectivity index (χ2v) is 5.95. The first-order valence-corrected chi connectivity index (χ1v) is 7.63. The molecule has 1 aromatic rings. The zero-order chi connectivity index (χ0) is 14.5. The van der Waals surface area contributed by atoms with Crippen molar-refractivity contribution >= 4 is 5.78 Å². The minimum Gasteiger partial charge on any atom is -0.302 e. The zero-order valence-corrected chi connectivity index (χ0v) is 12.4. The maximum atomic E-state index is 13.7. The van der Waals surface area contributed by atoms with Crippen LogP contribution >= 0.6 is 0 Å². The van der Waals surface area contributed by atoms with Crippen LogP contribution in [0.15, 0.2) is 24.3 Å². The van der Waals surface area contributed by atoms with Gasteiger partial charge in [-0.05, 0) is 43.9 Å². The van der Waals surface area contributed by atoms with E-state index in [1.54, 1.807) is 18.2 Å². The topological polar surface area (TPSA) is 20.3 Å². The Morgan fingerprint density at radius 2 is 2.10 bits per heavy atom. The molecule has 0 aliphatic heterocycles. The molecule has 0 saturated heterocycles. The van der Waals surface area contributed by atoms with Crippen LogP contribution in [0.4, 0.5) is 4.39 Å². The number of halogens is 1. The highest BCUT2D eigenvalue weighted by Crippen LogP contribution is 2.30. The molecule has 0 bridgehead atoms. The van der Waals surface area contributed by atoms with E-state index in [0.29, 0.717) is 0 Å². The average molecular weight is 277 g/mol. The number of rotatable bonds is 8. The molecule has 20 heavy (non-hydrogen) atoms. The van der Waals surface area contributed by atoms with Crippen LogP contribution in [-0.2, 0) is 0 Å². The highest BCUT2D eigenvalue weighted by atomic mass is 19.1. The highest BCUT2D eigenvalue weighted by molar-refractivity contribution is 5.98. The van der Waals surface area contributed by atoms with Crippen molar-refractivity contribution in [1.29, 1.82) is 0 Å². The fraction of sp³-hybridized carbons (Fsp3) is 0.588. The number of hydrogen-bond donors (Lipinski definition) is 0. The number of nitrogens with zero attached hydrogens (tertiary/aromatic N) is 1. The van der Waals surface area contributed by atoms with Crippen LogP contribution < -0.4 is 0 Å². The van der Waals surface area contributed by atoms with Crippen molar-refractivity contribution in [2.24, 2.45) is 11.8 Å². The maximum Gasteiger partial charge on any atom is 0.169 e. The van der Waals surface area contributed by atoms with Crippen molar-refractivity contribution in [3.8, 4) is 0 Å². The first-order valence-electron chi connectivity index (χ1n) is 7.63. The van der Waals surface area contributed by atoms with E-state index in [0.717, 1.165) is 32.0 Å². The summed E-state index contributed by atoms with van der Waals surface area (Å²) < 4.78 is 13.7. The van der Waals surface area contributed by atoms with Crippen molar-refractivity contribution in [2.75, 3.05) is 19.6 Å². The molecule has 1 aromatic carbocycles. The first-order chi connectivity index (χ1) is 9.61. The summed E-state index contributed by atoms with van der Waals surface area (Å²) in [5.41, 5.74) is 0.225. The van der Waals surface area contributed by atoms with Crippen molar-refractivity contribution in [3.63, 3.8) is 0 Å². The summed E-state index contributed by atoms with van der Waals surface area (Å²) in [6.45, 7) is 6.90. The summed E-state index contributed by atoms with van der Waals surface area (Å²) in [6, 6.07) is 6.28. The molecular formula is C17H24FNO. The fourth-order valence-electron chi connectivity index (χ4n) is 2.64. The largest absolute Gasteiger partial charge is 0.302 e. The molecule has 1 atom stereocenters. The van der Waals surface area contributed by atoms with Gasteiger partial charge in [0.1, 0.15) is 5.82 Å². The van der Waals surface area contributed by atoms with E-state index in [2.05, 4.69) is 11.8 Å². The van der Waals surface area contributed by atoms with E-state index in [1.165, 1.54) is 18.9 Å².